The van der Waals surface area contributed by atoms with Crippen molar-refractivity contribution >= 4 is 11.4 Å². The third-order valence-corrected chi connectivity index (χ3v) is 2.85. The van der Waals surface area contributed by atoms with Crippen LogP contribution in [0.5, 0.6) is 17.2 Å². The molecule has 0 radical (unpaired) electrons. The largest absolute Gasteiger partial charge is 0.494 e. The Kier molecular flexibility index (Phi) is 3.98. The molecule has 0 aliphatic heterocycles. The van der Waals surface area contributed by atoms with Gasteiger partial charge in [0.05, 0.1) is 12.8 Å². The zero-order chi connectivity index (χ0) is 14.7. The maximum Gasteiger partial charge on any atom is 0.167 e. The molecule has 0 aliphatic carbocycles. The van der Waals surface area contributed by atoms with Crippen LogP contribution in [0.4, 0.5) is 15.8 Å². The molecule has 0 saturated heterocycles. The smallest absolute Gasteiger partial charge is 0.167 e. The average molecular weight is 276 g/mol. The van der Waals surface area contributed by atoms with Gasteiger partial charge < -0.3 is 20.1 Å². The molecule has 0 fully saturated rings. The lowest BCUT2D eigenvalue weighted by Crippen LogP contribution is -2.08. The highest BCUT2D eigenvalue weighted by Gasteiger charge is 2.10. The fourth-order valence-corrected chi connectivity index (χ4v) is 1.75. The Balaban J connectivity index is 2.32. The van der Waals surface area contributed by atoms with Crippen molar-refractivity contribution in [2.24, 2.45) is 0 Å². The summed E-state index contributed by atoms with van der Waals surface area (Å²) in [4.78, 5) is 1.96. The number of anilines is 2. The maximum absolute atomic E-state index is 13.5. The molecule has 2 aromatic rings. The van der Waals surface area contributed by atoms with Gasteiger partial charge in [0.2, 0.25) is 0 Å². The third kappa shape index (κ3) is 2.93. The van der Waals surface area contributed by atoms with Gasteiger partial charge >= 0.3 is 0 Å². The number of hydrogen-bond donors (Lipinski definition) is 1. The third-order valence-electron chi connectivity index (χ3n) is 2.85. The lowest BCUT2D eigenvalue weighted by atomic mass is 10.2. The van der Waals surface area contributed by atoms with Crippen LogP contribution < -0.4 is 20.1 Å². The van der Waals surface area contributed by atoms with Gasteiger partial charge in [-0.05, 0) is 12.1 Å². The van der Waals surface area contributed by atoms with E-state index in [9.17, 15) is 4.39 Å². The molecule has 0 aliphatic rings. The molecule has 106 valence electrons. The first-order chi connectivity index (χ1) is 9.51. The summed E-state index contributed by atoms with van der Waals surface area (Å²) in [5, 5.41) is 0. The highest BCUT2D eigenvalue weighted by atomic mass is 19.1. The number of nitrogens with two attached hydrogens (primary N) is 1. The second kappa shape index (κ2) is 5.69. The molecule has 0 unspecified atom stereocenters. The highest BCUT2D eigenvalue weighted by Crippen LogP contribution is 2.34. The van der Waals surface area contributed by atoms with Crippen molar-refractivity contribution in [3.8, 4) is 17.2 Å². The van der Waals surface area contributed by atoms with Crippen LogP contribution >= 0.6 is 0 Å². The van der Waals surface area contributed by atoms with Crippen LogP contribution in [0.15, 0.2) is 36.4 Å². The Bertz CT molecular complexity index is 615. The molecule has 0 atom stereocenters. The van der Waals surface area contributed by atoms with Crippen LogP contribution in [-0.2, 0) is 0 Å². The van der Waals surface area contributed by atoms with Crippen molar-refractivity contribution in [3.63, 3.8) is 0 Å². The summed E-state index contributed by atoms with van der Waals surface area (Å²) in [6.45, 7) is 0. The predicted molar refractivity (Wildman–Crippen MR) is 78.2 cm³/mol. The van der Waals surface area contributed by atoms with E-state index in [0.717, 1.165) is 5.69 Å². The number of nitrogen functional groups attached to an aromatic ring is 1. The zero-order valence-electron chi connectivity index (χ0n) is 11.7. The monoisotopic (exact) mass is 276 g/mol. The Hall–Kier alpha value is -2.43. The SMILES string of the molecule is COc1cc(Oc2cccc(N(C)C)c2)c(N)cc1F. The zero-order valence-corrected chi connectivity index (χ0v) is 11.7. The number of benzene rings is 2. The summed E-state index contributed by atoms with van der Waals surface area (Å²) in [6, 6.07) is 10.1. The van der Waals surface area contributed by atoms with Gasteiger partial charge in [-0.1, -0.05) is 6.07 Å². The first-order valence-electron chi connectivity index (χ1n) is 6.09. The second-order valence-electron chi connectivity index (χ2n) is 4.52. The van der Waals surface area contributed by atoms with E-state index >= 15 is 0 Å². The van der Waals surface area contributed by atoms with Crippen molar-refractivity contribution < 1.29 is 13.9 Å². The molecule has 0 saturated carbocycles. The number of methoxy groups -OCH3 is 1. The van der Waals surface area contributed by atoms with Gasteiger partial charge in [-0.15, -0.1) is 0 Å². The Morgan fingerprint density at radius 2 is 1.85 bits per heavy atom. The standard InChI is InChI=1S/C15H17FN2O2/c1-18(2)10-5-4-6-11(7-10)20-15-9-14(19-3)12(16)8-13(15)17/h4-9H,17H2,1-3H3. The summed E-state index contributed by atoms with van der Waals surface area (Å²) in [6.07, 6.45) is 0. The Morgan fingerprint density at radius 3 is 2.50 bits per heavy atom. The van der Waals surface area contributed by atoms with Gasteiger partial charge in [0.25, 0.3) is 0 Å². The summed E-state index contributed by atoms with van der Waals surface area (Å²) < 4.78 is 24.1. The summed E-state index contributed by atoms with van der Waals surface area (Å²) in [5.74, 6) is 0.563. The molecule has 2 aromatic carbocycles. The van der Waals surface area contributed by atoms with Crippen molar-refractivity contribution in [1.82, 2.24) is 0 Å². The summed E-state index contributed by atoms with van der Waals surface area (Å²) >= 11 is 0. The molecule has 4 nitrogen and oxygen atoms in total. The van der Waals surface area contributed by atoms with E-state index < -0.39 is 5.82 Å². The molecular formula is C15H17FN2O2. The number of nitrogens with zero attached hydrogens (tertiary/aromatic N) is 1. The van der Waals surface area contributed by atoms with Crippen LogP contribution in [0.3, 0.4) is 0 Å². The minimum absolute atomic E-state index is 0.0953. The molecule has 5 heteroatoms. The summed E-state index contributed by atoms with van der Waals surface area (Å²) in [5.41, 5.74) is 6.98. The van der Waals surface area contributed by atoms with Crippen LogP contribution in [0.25, 0.3) is 0 Å². The van der Waals surface area contributed by atoms with E-state index in [1.807, 2.05) is 43.3 Å². The van der Waals surface area contributed by atoms with Crippen LogP contribution in [0.2, 0.25) is 0 Å². The molecular weight excluding hydrogens is 259 g/mol. The molecule has 0 heterocycles. The number of halogens is 1. The molecule has 2 N–H and O–H groups in total. The van der Waals surface area contributed by atoms with Crippen LogP contribution in [0, 0.1) is 5.82 Å². The molecule has 0 aromatic heterocycles. The average Bonchev–Trinajstić information content (AvgIpc) is 2.42. The number of rotatable bonds is 4. The van der Waals surface area contributed by atoms with Crippen LogP contribution in [-0.4, -0.2) is 21.2 Å². The van der Waals surface area contributed by atoms with Crippen molar-refractivity contribution in [3.05, 3.63) is 42.2 Å². The fraction of sp³-hybridized carbons (Fsp3) is 0.200. The topological polar surface area (TPSA) is 47.7 Å². The highest BCUT2D eigenvalue weighted by molar-refractivity contribution is 5.58. The van der Waals surface area contributed by atoms with Gasteiger partial charge in [0, 0.05) is 38.0 Å². The van der Waals surface area contributed by atoms with Crippen molar-refractivity contribution in [2.45, 2.75) is 0 Å². The molecule has 0 bridgehead atoms. The van der Waals surface area contributed by atoms with E-state index in [1.54, 1.807) is 0 Å². The lowest BCUT2D eigenvalue weighted by molar-refractivity contribution is 0.382. The number of ether oxygens (including phenoxy) is 2. The quantitative estimate of drug-likeness (QED) is 0.871. The van der Waals surface area contributed by atoms with E-state index in [0.29, 0.717) is 11.5 Å². The van der Waals surface area contributed by atoms with E-state index in [2.05, 4.69) is 0 Å². The maximum atomic E-state index is 13.5. The molecule has 0 spiro atoms. The van der Waals surface area contributed by atoms with E-state index in [1.165, 1.54) is 19.2 Å². The lowest BCUT2D eigenvalue weighted by Gasteiger charge is -2.15. The first kappa shape index (κ1) is 14.0. The van der Waals surface area contributed by atoms with E-state index in [4.69, 9.17) is 15.2 Å². The van der Waals surface area contributed by atoms with Gasteiger partial charge in [-0.25, -0.2) is 4.39 Å². The normalized spacial score (nSPS) is 10.2. The first-order valence-corrected chi connectivity index (χ1v) is 6.09. The van der Waals surface area contributed by atoms with Crippen molar-refractivity contribution in [2.75, 3.05) is 31.8 Å². The Morgan fingerprint density at radius 1 is 1.10 bits per heavy atom. The molecule has 0 amide bonds. The fourth-order valence-electron chi connectivity index (χ4n) is 1.75. The van der Waals surface area contributed by atoms with Crippen molar-refractivity contribution in [1.29, 1.82) is 0 Å². The van der Waals surface area contributed by atoms with Gasteiger partial charge in [0.15, 0.2) is 17.3 Å². The second-order valence-corrected chi connectivity index (χ2v) is 4.52. The van der Waals surface area contributed by atoms with Gasteiger partial charge in [-0.3, -0.25) is 0 Å². The van der Waals surface area contributed by atoms with Crippen LogP contribution in [0.1, 0.15) is 0 Å². The summed E-state index contributed by atoms with van der Waals surface area (Å²) in [7, 11) is 5.27. The van der Waals surface area contributed by atoms with Gasteiger partial charge in [0.1, 0.15) is 5.75 Å². The van der Waals surface area contributed by atoms with Gasteiger partial charge in [-0.2, -0.15) is 0 Å². The minimum Gasteiger partial charge on any atom is -0.494 e. The Labute approximate surface area is 117 Å². The minimum atomic E-state index is -0.514. The number of hydrogen-bond acceptors (Lipinski definition) is 4. The molecule has 2 rings (SSSR count). The molecule has 20 heavy (non-hydrogen) atoms. The predicted octanol–water partition coefficient (Wildman–Crippen LogP) is 3.27. The van der Waals surface area contributed by atoms with E-state index in [-0.39, 0.29) is 11.4 Å².